The van der Waals surface area contributed by atoms with Crippen LogP contribution in [-0.2, 0) is 27.2 Å². The maximum Gasteiger partial charge on any atom is 0.481 e. The zero-order valence-corrected chi connectivity index (χ0v) is 23.1. The number of hydrogen-bond acceptors (Lipinski definition) is 18. The van der Waals surface area contributed by atoms with Gasteiger partial charge in [0.1, 0.15) is 43.2 Å². The summed E-state index contributed by atoms with van der Waals surface area (Å²) in [4.78, 5) is 42.0. The van der Waals surface area contributed by atoms with Crippen LogP contribution in [0.4, 0.5) is 5.95 Å². The van der Waals surface area contributed by atoms with Crippen LogP contribution in [0.25, 0.3) is 11.2 Å². The summed E-state index contributed by atoms with van der Waals surface area (Å²) in [6.45, 7) is -0.196. The molecule has 3 aliphatic heterocycles. The number of nitrogens with one attached hydrogen (secondary N) is 3. The van der Waals surface area contributed by atoms with Gasteiger partial charge < -0.3 is 51.2 Å². The van der Waals surface area contributed by atoms with E-state index < -0.39 is 83.3 Å². The summed E-state index contributed by atoms with van der Waals surface area (Å²) >= 11 is 0. The van der Waals surface area contributed by atoms with Crippen LogP contribution in [0, 0.1) is 0 Å². The molecule has 12 N–H and O–H groups in total. The lowest BCUT2D eigenvalue weighted by Crippen LogP contribution is -2.61. The maximum atomic E-state index is 12.4. The molecule has 22 nitrogen and oxygen atoms in total. The number of aliphatic hydroxyl groups is 5. The van der Waals surface area contributed by atoms with Gasteiger partial charge in [-0.1, -0.05) is 0 Å². The average molecular weight is 642 g/mol. The van der Waals surface area contributed by atoms with Crippen LogP contribution in [0.3, 0.4) is 0 Å². The van der Waals surface area contributed by atoms with Crippen LogP contribution in [-0.4, -0.2) is 116 Å². The molecule has 0 amide bonds. The lowest BCUT2D eigenvalue weighted by molar-refractivity contribution is -0.117. The molecule has 2 aromatic heterocycles. The molecule has 0 spiro atoms. The van der Waals surface area contributed by atoms with E-state index in [2.05, 4.69) is 30.2 Å². The Hall–Kier alpha value is -2.53. The first-order valence-corrected chi connectivity index (χ1v) is 15.1. The molecular weight excluding hydrogens is 614 g/mol. The van der Waals surface area contributed by atoms with Gasteiger partial charge in [-0.3, -0.25) is 28.4 Å². The summed E-state index contributed by atoms with van der Waals surface area (Å²) in [5, 5.41) is 52.5. The number of aromatic amines is 1. The van der Waals surface area contributed by atoms with E-state index in [9.17, 15) is 49.2 Å². The SMILES string of the molecule is C[C@@H]1[C@@H](O)[C@@H](O)[C@H](O)C2=C(COP(=O)(O)OP(=O)(O)OC[C@H]3O[C@@H](n4cnc5c(=O)[nH]c(N)nc54)[C@H](O)[C@@H]3O)NNN21. The fourth-order valence-electron chi connectivity index (χ4n) is 4.65. The Morgan fingerprint density at radius 1 is 1.07 bits per heavy atom. The quantitative estimate of drug-likeness (QED) is 0.115. The Kier molecular flexibility index (Phi) is 8.24. The first kappa shape index (κ1) is 30.9. The van der Waals surface area contributed by atoms with Crippen molar-refractivity contribution in [2.75, 3.05) is 18.9 Å². The van der Waals surface area contributed by atoms with Crippen molar-refractivity contribution in [3.8, 4) is 0 Å². The molecule has 10 atom stereocenters. The summed E-state index contributed by atoms with van der Waals surface area (Å²) < 4.78 is 45.1. The maximum absolute atomic E-state index is 12.4. The number of imidazole rings is 1. The van der Waals surface area contributed by atoms with Crippen molar-refractivity contribution in [1.82, 2.24) is 35.5 Å². The van der Waals surface area contributed by atoms with E-state index in [-0.39, 0.29) is 28.5 Å². The van der Waals surface area contributed by atoms with Crippen LogP contribution in [0.5, 0.6) is 0 Å². The number of rotatable bonds is 9. The van der Waals surface area contributed by atoms with Crippen molar-refractivity contribution in [1.29, 1.82) is 0 Å². The number of aromatic nitrogens is 4. The van der Waals surface area contributed by atoms with E-state index in [1.165, 1.54) is 11.9 Å². The van der Waals surface area contributed by atoms with E-state index >= 15 is 0 Å². The molecule has 42 heavy (non-hydrogen) atoms. The molecule has 24 heteroatoms. The Balaban J connectivity index is 1.20. The number of phosphoric acid groups is 2. The molecule has 2 unspecified atom stereocenters. The number of nitrogens with two attached hydrogens (primary N) is 1. The van der Waals surface area contributed by atoms with Crippen molar-refractivity contribution in [2.45, 2.75) is 55.8 Å². The van der Waals surface area contributed by atoms with Crippen molar-refractivity contribution in [2.24, 2.45) is 0 Å². The molecule has 5 heterocycles. The third-order valence-electron chi connectivity index (χ3n) is 6.79. The smallest absolute Gasteiger partial charge is 0.388 e. The second-order valence-electron chi connectivity index (χ2n) is 9.55. The molecule has 0 saturated carbocycles. The first-order chi connectivity index (χ1) is 19.6. The third kappa shape index (κ3) is 5.70. The fourth-order valence-corrected chi connectivity index (χ4v) is 6.70. The van der Waals surface area contributed by atoms with Gasteiger partial charge in [0.2, 0.25) is 5.95 Å². The zero-order valence-electron chi connectivity index (χ0n) is 21.4. The highest BCUT2D eigenvalue weighted by Gasteiger charge is 2.48. The second kappa shape index (κ2) is 11.2. The Labute approximate surface area is 234 Å². The molecule has 2 saturated heterocycles. The predicted octanol–water partition coefficient (Wildman–Crippen LogP) is -4.41. The lowest BCUT2D eigenvalue weighted by atomic mass is 9.93. The van der Waals surface area contributed by atoms with Gasteiger partial charge in [-0.2, -0.15) is 9.29 Å². The van der Waals surface area contributed by atoms with E-state index in [0.29, 0.717) is 0 Å². The fraction of sp³-hybridized carbons (Fsp3) is 0.611. The van der Waals surface area contributed by atoms with Crippen LogP contribution < -0.4 is 22.3 Å². The Bertz CT molecular complexity index is 1540. The highest BCUT2D eigenvalue weighted by molar-refractivity contribution is 7.61. The number of ether oxygens (including phenoxy) is 1. The highest BCUT2D eigenvalue weighted by atomic mass is 31.3. The number of anilines is 1. The molecule has 2 aromatic rings. The number of fused-ring (bicyclic) bond motifs is 2. The Morgan fingerprint density at radius 3 is 2.48 bits per heavy atom. The summed E-state index contributed by atoms with van der Waals surface area (Å²) in [6, 6.07) is -0.734. The van der Waals surface area contributed by atoms with Gasteiger partial charge >= 0.3 is 15.6 Å². The van der Waals surface area contributed by atoms with Crippen LogP contribution in [0.1, 0.15) is 13.2 Å². The monoisotopic (exact) mass is 642 g/mol. The van der Waals surface area contributed by atoms with Gasteiger partial charge in [0.15, 0.2) is 17.4 Å². The standard InChI is InChI=1S/C18H28N8O14P2/c1-5-10(27)13(30)12(29)9-6(23-24-26(5)9)2-37-41(33,34)40-42(35,36)38-3-7-11(28)14(31)17(39-7)25-4-20-8-15(25)21-18(19)22-16(8)32/h4-5,7,10-14,17,23-24,27-31H,2-3H2,1H3,(H,33,34)(H,35,36)(H3,19,21,22,32)/t5-,7-,10-,11-,12-,13-,14-,17-/m1/s1. The van der Waals surface area contributed by atoms with Crippen molar-refractivity contribution in [3.63, 3.8) is 0 Å². The summed E-state index contributed by atoms with van der Waals surface area (Å²) in [5.41, 5.74) is 9.68. The molecule has 0 aliphatic carbocycles. The average Bonchev–Trinajstić information content (AvgIpc) is 3.60. The topological polar surface area (TPSA) is 330 Å². The third-order valence-corrected chi connectivity index (χ3v) is 9.38. The van der Waals surface area contributed by atoms with Crippen molar-refractivity contribution >= 4 is 32.8 Å². The Morgan fingerprint density at radius 2 is 1.76 bits per heavy atom. The number of aliphatic hydroxyl groups excluding tert-OH is 5. The van der Waals surface area contributed by atoms with E-state index in [4.69, 9.17) is 19.5 Å². The number of nitrogens with zero attached hydrogens (tertiary/aromatic N) is 4. The van der Waals surface area contributed by atoms with Crippen LogP contribution >= 0.6 is 15.6 Å². The van der Waals surface area contributed by atoms with Crippen molar-refractivity contribution < 1.29 is 62.5 Å². The van der Waals surface area contributed by atoms with Gasteiger partial charge in [0.05, 0.1) is 30.4 Å². The molecular formula is C18H28N8O14P2. The zero-order chi connectivity index (χ0) is 30.7. The number of H-pyrrole nitrogens is 1. The van der Waals surface area contributed by atoms with Gasteiger partial charge in [0.25, 0.3) is 5.56 Å². The largest absolute Gasteiger partial charge is 0.481 e. The van der Waals surface area contributed by atoms with Crippen LogP contribution in [0.15, 0.2) is 22.5 Å². The second-order valence-corrected chi connectivity index (χ2v) is 12.6. The molecule has 5 rings (SSSR count). The van der Waals surface area contributed by atoms with Gasteiger partial charge in [0, 0.05) is 0 Å². The van der Waals surface area contributed by atoms with E-state index in [0.717, 1.165) is 10.9 Å². The number of nitrogen functional groups attached to an aromatic ring is 1. The normalized spacial score (nSPS) is 34.3. The molecule has 0 radical (unpaired) electrons. The van der Waals surface area contributed by atoms with Crippen molar-refractivity contribution in [3.05, 3.63) is 28.1 Å². The van der Waals surface area contributed by atoms with Gasteiger partial charge in [-0.25, -0.2) is 14.1 Å². The minimum absolute atomic E-state index is 0.0163. The van der Waals surface area contributed by atoms with Crippen LogP contribution in [0.2, 0.25) is 0 Å². The predicted molar refractivity (Wildman–Crippen MR) is 134 cm³/mol. The number of hydrogen-bond donors (Lipinski definition) is 11. The minimum atomic E-state index is -5.36. The minimum Gasteiger partial charge on any atom is -0.388 e. The molecule has 3 aliphatic rings. The summed E-state index contributed by atoms with van der Waals surface area (Å²) in [5.74, 6) is -0.258. The summed E-state index contributed by atoms with van der Waals surface area (Å²) in [7, 11) is -10.7. The van der Waals surface area contributed by atoms with Gasteiger partial charge in [-0.15, -0.1) is 5.53 Å². The lowest BCUT2D eigenvalue weighted by Gasteiger charge is -2.41. The molecule has 2 fully saturated rings. The first-order valence-electron chi connectivity index (χ1n) is 12.1. The highest BCUT2D eigenvalue weighted by Crippen LogP contribution is 2.60. The van der Waals surface area contributed by atoms with E-state index in [1.807, 2.05) is 0 Å². The van der Waals surface area contributed by atoms with E-state index in [1.54, 1.807) is 0 Å². The number of phosphoric ester groups is 2. The number of piperidine rings is 1. The molecule has 0 bridgehead atoms. The number of hydrazine groups is 2. The van der Waals surface area contributed by atoms with Gasteiger partial charge in [-0.05, 0) is 6.92 Å². The molecule has 0 aromatic carbocycles. The molecule has 234 valence electrons. The summed E-state index contributed by atoms with van der Waals surface area (Å²) in [6.07, 6.45) is -9.68.